The van der Waals surface area contributed by atoms with Crippen LogP contribution < -0.4 is 10.1 Å². The summed E-state index contributed by atoms with van der Waals surface area (Å²) in [6, 6.07) is 7.94. The third-order valence-electron chi connectivity index (χ3n) is 2.38. The van der Waals surface area contributed by atoms with Crippen LogP contribution in [0.5, 0.6) is 11.5 Å². The lowest BCUT2D eigenvalue weighted by molar-refractivity contribution is 0.473. The Morgan fingerprint density at radius 2 is 2.11 bits per heavy atom. The highest BCUT2D eigenvalue weighted by Crippen LogP contribution is 2.21. The second-order valence-corrected chi connectivity index (χ2v) is 3.87. The Kier molecular flexibility index (Phi) is 4.25. The van der Waals surface area contributed by atoms with E-state index < -0.39 is 0 Å². The minimum atomic E-state index is -0.315. The maximum Gasteiger partial charge on any atom is 0.146 e. The van der Waals surface area contributed by atoms with Crippen molar-refractivity contribution in [2.24, 2.45) is 0 Å². The number of hydrogen-bond donors (Lipinski definition) is 1. The third kappa shape index (κ3) is 3.53. The first kappa shape index (κ1) is 12.5. The largest absolute Gasteiger partial charge is 0.456 e. The summed E-state index contributed by atoms with van der Waals surface area (Å²) in [4.78, 5) is 4.10. The molecule has 0 fully saturated rings. The summed E-state index contributed by atoms with van der Waals surface area (Å²) in [6.07, 6.45) is 3.39. The molecule has 0 bridgehead atoms. The highest BCUT2D eigenvalue weighted by atomic mass is 19.1. The summed E-state index contributed by atoms with van der Waals surface area (Å²) in [5, 5.41) is 3.21. The summed E-state index contributed by atoms with van der Waals surface area (Å²) in [5.41, 5.74) is 1.03. The molecule has 0 radical (unpaired) electrons. The number of ether oxygens (including phenoxy) is 1. The molecule has 0 amide bonds. The maximum absolute atomic E-state index is 13.0. The lowest BCUT2D eigenvalue weighted by Gasteiger charge is -2.07. The smallest absolute Gasteiger partial charge is 0.146 e. The Labute approximate surface area is 106 Å². The van der Waals surface area contributed by atoms with Crippen LogP contribution in [0, 0.1) is 5.82 Å². The zero-order valence-electron chi connectivity index (χ0n) is 10.2. The maximum atomic E-state index is 13.0. The molecule has 94 valence electrons. The van der Waals surface area contributed by atoms with Crippen LogP contribution in [-0.2, 0) is 6.54 Å². The molecular formula is C14H15FN2O. The summed E-state index contributed by atoms with van der Waals surface area (Å²) >= 11 is 0. The van der Waals surface area contributed by atoms with E-state index in [1.807, 2.05) is 13.0 Å². The number of nitrogens with zero attached hydrogens (tertiary/aromatic N) is 1. The van der Waals surface area contributed by atoms with Crippen LogP contribution in [0.4, 0.5) is 4.39 Å². The fraction of sp³-hybridized carbons (Fsp3) is 0.214. The van der Waals surface area contributed by atoms with Crippen LogP contribution in [0.2, 0.25) is 0 Å². The van der Waals surface area contributed by atoms with E-state index in [9.17, 15) is 4.39 Å². The normalized spacial score (nSPS) is 10.3. The molecule has 0 aliphatic heterocycles. The lowest BCUT2D eigenvalue weighted by atomic mass is 10.2. The molecule has 18 heavy (non-hydrogen) atoms. The zero-order chi connectivity index (χ0) is 12.8. The van der Waals surface area contributed by atoms with E-state index >= 15 is 0 Å². The van der Waals surface area contributed by atoms with Crippen molar-refractivity contribution in [2.45, 2.75) is 13.5 Å². The average molecular weight is 246 g/mol. The van der Waals surface area contributed by atoms with Crippen LogP contribution in [0.15, 0.2) is 42.7 Å². The molecule has 1 aromatic carbocycles. The highest BCUT2D eigenvalue weighted by molar-refractivity contribution is 5.31. The molecule has 0 unspecified atom stereocenters. The van der Waals surface area contributed by atoms with Gasteiger partial charge in [0.25, 0.3) is 0 Å². The summed E-state index contributed by atoms with van der Waals surface area (Å²) in [5.74, 6) is 0.762. The van der Waals surface area contributed by atoms with Gasteiger partial charge < -0.3 is 10.1 Å². The number of halogens is 1. The van der Waals surface area contributed by atoms with Gasteiger partial charge in [-0.25, -0.2) is 4.39 Å². The van der Waals surface area contributed by atoms with Crippen molar-refractivity contribution in [1.29, 1.82) is 0 Å². The van der Waals surface area contributed by atoms with Crippen LogP contribution in [0.3, 0.4) is 0 Å². The van der Waals surface area contributed by atoms with Gasteiger partial charge in [0.1, 0.15) is 17.3 Å². The van der Waals surface area contributed by atoms with Gasteiger partial charge in [-0.05, 0) is 30.3 Å². The van der Waals surface area contributed by atoms with E-state index in [1.165, 1.54) is 12.1 Å². The van der Waals surface area contributed by atoms with Crippen LogP contribution in [-0.4, -0.2) is 11.5 Å². The molecule has 1 aromatic heterocycles. The van der Waals surface area contributed by atoms with Gasteiger partial charge in [-0.15, -0.1) is 0 Å². The van der Waals surface area contributed by atoms with Crippen molar-refractivity contribution in [2.75, 3.05) is 6.54 Å². The van der Waals surface area contributed by atoms with Gasteiger partial charge in [0, 0.05) is 18.8 Å². The fourth-order valence-electron chi connectivity index (χ4n) is 1.55. The van der Waals surface area contributed by atoms with E-state index in [1.54, 1.807) is 24.5 Å². The average Bonchev–Trinajstić information content (AvgIpc) is 2.37. The standard InChI is InChI=1S/C14H15FN2O/c1-2-16-8-11-6-14(10-17-9-11)18-13-5-3-4-12(15)7-13/h3-7,9-10,16H,2,8H2,1H3. The molecular weight excluding hydrogens is 231 g/mol. The summed E-state index contributed by atoms with van der Waals surface area (Å²) in [7, 11) is 0. The molecule has 1 heterocycles. The molecule has 0 spiro atoms. The molecule has 0 atom stereocenters. The van der Waals surface area contributed by atoms with Gasteiger partial charge in [-0.1, -0.05) is 13.0 Å². The van der Waals surface area contributed by atoms with Crippen molar-refractivity contribution >= 4 is 0 Å². The van der Waals surface area contributed by atoms with E-state index in [0.29, 0.717) is 11.5 Å². The second kappa shape index (κ2) is 6.12. The van der Waals surface area contributed by atoms with E-state index in [-0.39, 0.29) is 5.82 Å². The molecule has 0 saturated carbocycles. The first-order valence-corrected chi connectivity index (χ1v) is 5.86. The van der Waals surface area contributed by atoms with E-state index in [4.69, 9.17) is 4.74 Å². The minimum Gasteiger partial charge on any atom is -0.456 e. The monoisotopic (exact) mass is 246 g/mol. The summed E-state index contributed by atoms with van der Waals surface area (Å²) < 4.78 is 18.6. The molecule has 0 saturated heterocycles. The fourth-order valence-corrected chi connectivity index (χ4v) is 1.55. The van der Waals surface area contributed by atoms with Crippen molar-refractivity contribution in [3.8, 4) is 11.5 Å². The molecule has 2 rings (SSSR count). The first-order valence-electron chi connectivity index (χ1n) is 5.86. The number of hydrogen-bond acceptors (Lipinski definition) is 3. The predicted octanol–water partition coefficient (Wildman–Crippen LogP) is 3.12. The molecule has 0 aliphatic rings. The SMILES string of the molecule is CCNCc1cncc(Oc2cccc(F)c2)c1. The quantitative estimate of drug-likeness (QED) is 0.880. The van der Waals surface area contributed by atoms with Crippen molar-refractivity contribution < 1.29 is 9.13 Å². The zero-order valence-corrected chi connectivity index (χ0v) is 10.2. The van der Waals surface area contributed by atoms with Gasteiger partial charge in [0.15, 0.2) is 0 Å². The minimum absolute atomic E-state index is 0.315. The Bertz CT molecular complexity index is 517. The molecule has 4 heteroatoms. The van der Waals surface area contributed by atoms with E-state index in [0.717, 1.165) is 18.7 Å². The first-order chi connectivity index (χ1) is 8.78. The topological polar surface area (TPSA) is 34.2 Å². The van der Waals surface area contributed by atoms with Gasteiger partial charge in [0.05, 0.1) is 6.20 Å². The van der Waals surface area contributed by atoms with Crippen LogP contribution in [0.1, 0.15) is 12.5 Å². The Hall–Kier alpha value is -1.94. The van der Waals surface area contributed by atoms with Crippen LogP contribution >= 0.6 is 0 Å². The van der Waals surface area contributed by atoms with Crippen LogP contribution in [0.25, 0.3) is 0 Å². The number of nitrogens with one attached hydrogen (secondary N) is 1. The highest BCUT2D eigenvalue weighted by Gasteiger charge is 2.01. The van der Waals surface area contributed by atoms with Crippen molar-refractivity contribution in [3.05, 3.63) is 54.1 Å². The third-order valence-corrected chi connectivity index (χ3v) is 2.38. The van der Waals surface area contributed by atoms with Gasteiger partial charge in [-0.2, -0.15) is 0 Å². The van der Waals surface area contributed by atoms with Gasteiger partial charge in [-0.3, -0.25) is 4.98 Å². The number of benzene rings is 1. The Morgan fingerprint density at radius 1 is 1.22 bits per heavy atom. The Morgan fingerprint density at radius 3 is 2.89 bits per heavy atom. The second-order valence-electron chi connectivity index (χ2n) is 3.87. The van der Waals surface area contributed by atoms with E-state index in [2.05, 4.69) is 10.3 Å². The molecule has 0 aliphatic carbocycles. The number of rotatable bonds is 5. The molecule has 1 N–H and O–H groups in total. The number of pyridine rings is 1. The van der Waals surface area contributed by atoms with Crippen molar-refractivity contribution in [1.82, 2.24) is 10.3 Å². The van der Waals surface area contributed by atoms with Gasteiger partial charge in [0.2, 0.25) is 0 Å². The molecule has 2 aromatic rings. The lowest BCUT2D eigenvalue weighted by Crippen LogP contribution is -2.11. The molecule has 3 nitrogen and oxygen atoms in total. The van der Waals surface area contributed by atoms with Gasteiger partial charge >= 0.3 is 0 Å². The predicted molar refractivity (Wildman–Crippen MR) is 68.1 cm³/mol. The Balaban J connectivity index is 2.09. The summed E-state index contributed by atoms with van der Waals surface area (Å²) in [6.45, 7) is 3.68. The van der Waals surface area contributed by atoms with Crippen molar-refractivity contribution in [3.63, 3.8) is 0 Å². The number of aromatic nitrogens is 1.